The molecule has 2 aliphatic heterocycles. The second-order valence-electron chi connectivity index (χ2n) is 12.1. The van der Waals surface area contributed by atoms with Crippen molar-refractivity contribution in [2.45, 2.75) is 65.0 Å². The number of ether oxygens (including phenoxy) is 2. The monoisotopic (exact) mass is 478 g/mol. The number of hydrogen-bond donors (Lipinski definition) is 2. The summed E-state index contributed by atoms with van der Waals surface area (Å²) in [6, 6.07) is 5.45. The second-order valence-corrected chi connectivity index (χ2v) is 12.1. The topological polar surface area (TPSA) is 93.1 Å². The lowest BCUT2D eigenvalue weighted by molar-refractivity contribution is -0.436. The molecular weight excluding hydrogens is 444 g/mol. The molecule has 0 amide bonds. The standard InChI is InChI=1S/C29H34O6/c1-15-8-6-9-19(16(15)2)25(32)35-24-18-10-11-20-27-13-7-12-26(4,5)21(27)23(31)29(33,34-14-27)28(20,24)22(30)17(18)3/h6-9,13,18,20-21,23-24,31,33H,3,10-12,14H2,1-2,4-5H3/t18-,20-,21+,23-,24+,27+,28-,29-/m0/s1. The Balaban J connectivity index is 1.53. The lowest BCUT2D eigenvalue weighted by Crippen LogP contribution is -2.83. The Labute approximate surface area is 206 Å². The molecule has 2 N–H and O–H groups in total. The summed E-state index contributed by atoms with van der Waals surface area (Å²) in [6.07, 6.45) is 4.04. The van der Waals surface area contributed by atoms with E-state index in [4.69, 9.17) is 9.47 Å². The van der Waals surface area contributed by atoms with Gasteiger partial charge in [0, 0.05) is 17.3 Å². The third kappa shape index (κ3) is 2.46. The number of ketones is 1. The molecule has 6 heteroatoms. The summed E-state index contributed by atoms with van der Waals surface area (Å²) in [4.78, 5) is 27.6. The smallest absolute Gasteiger partial charge is 0.338 e. The van der Waals surface area contributed by atoms with Crippen LogP contribution in [0.4, 0.5) is 0 Å². The van der Waals surface area contributed by atoms with Crippen LogP contribution < -0.4 is 0 Å². The van der Waals surface area contributed by atoms with Crippen molar-refractivity contribution in [3.05, 3.63) is 59.2 Å². The molecule has 5 fully saturated rings. The molecule has 0 aromatic heterocycles. The van der Waals surface area contributed by atoms with E-state index in [2.05, 4.69) is 32.6 Å². The van der Waals surface area contributed by atoms with Crippen LogP contribution in [0.2, 0.25) is 0 Å². The summed E-state index contributed by atoms with van der Waals surface area (Å²) in [5.74, 6) is -4.06. The number of fused-ring (bicyclic) bond motifs is 2. The number of allylic oxidation sites excluding steroid dienone is 1. The van der Waals surface area contributed by atoms with Crippen LogP contribution in [-0.2, 0) is 14.3 Å². The highest BCUT2D eigenvalue weighted by Crippen LogP contribution is 2.75. The molecule has 2 heterocycles. The Bertz CT molecular complexity index is 1200. The maximum Gasteiger partial charge on any atom is 0.338 e. The summed E-state index contributed by atoms with van der Waals surface area (Å²) in [7, 11) is 0. The number of aryl methyl sites for hydroxylation is 1. The maximum atomic E-state index is 14.1. The number of Topliss-reactive ketones (excluding diaryl/α,β-unsaturated/α-hetero) is 1. The predicted octanol–water partition coefficient (Wildman–Crippen LogP) is 3.66. The molecule has 186 valence electrons. The first kappa shape index (κ1) is 23.1. The fourth-order valence-corrected chi connectivity index (χ4v) is 8.70. The maximum absolute atomic E-state index is 14.1. The summed E-state index contributed by atoms with van der Waals surface area (Å²) in [5.41, 5.74) is 0.0462. The molecule has 2 spiro atoms. The molecule has 1 aromatic rings. The van der Waals surface area contributed by atoms with E-state index in [1.54, 1.807) is 12.1 Å². The van der Waals surface area contributed by atoms with Crippen molar-refractivity contribution >= 4 is 11.8 Å². The molecule has 6 aliphatic rings. The van der Waals surface area contributed by atoms with Gasteiger partial charge in [0.25, 0.3) is 0 Å². The SMILES string of the molecule is C=C1C(=O)[C@]23[C@H](OC(=O)c4cccc(C)c4C)[C@H]1CC[C@H]2[C@]12C=CCC(C)(C)[C@H]1[C@H](O)[C@]3(O)OC2. The van der Waals surface area contributed by atoms with Crippen molar-refractivity contribution in [2.24, 2.45) is 34.0 Å². The number of carbonyl (C=O) groups is 2. The van der Waals surface area contributed by atoms with Crippen LogP contribution in [0, 0.1) is 47.8 Å². The minimum Gasteiger partial charge on any atom is -0.457 e. The minimum atomic E-state index is -2.16. The van der Waals surface area contributed by atoms with Crippen molar-refractivity contribution in [2.75, 3.05) is 6.61 Å². The zero-order chi connectivity index (χ0) is 25.1. The largest absolute Gasteiger partial charge is 0.457 e. The lowest BCUT2D eigenvalue weighted by Gasteiger charge is -2.72. The van der Waals surface area contributed by atoms with E-state index >= 15 is 0 Å². The molecule has 6 nitrogen and oxygen atoms in total. The van der Waals surface area contributed by atoms with Crippen LogP contribution >= 0.6 is 0 Å². The number of rotatable bonds is 2. The van der Waals surface area contributed by atoms with Crippen LogP contribution in [0.25, 0.3) is 0 Å². The molecule has 1 aromatic carbocycles. The minimum absolute atomic E-state index is 0.222. The first-order valence-electron chi connectivity index (χ1n) is 12.7. The fourth-order valence-electron chi connectivity index (χ4n) is 8.70. The average molecular weight is 479 g/mol. The van der Waals surface area contributed by atoms with Crippen molar-refractivity contribution in [1.82, 2.24) is 0 Å². The van der Waals surface area contributed by atoms with Crippen LogP contribution in [-0.4, -0.2) is 46.6 Å². The van der Waals surface area contributed by atoms with Gasteiger partial charge in [-0.15, -0.1) is 0 Å². The third-order valence-electron chi connectivity index (χ3n) is 10.3. The molecule has 7 rings (SSSR count). The number of esters is 1. The number of carbonyl (C=O) groups excluding carboxylic acids is 2. The fraction of sp³-hybridized carbons (Fsp3) is 0.586. The van der Waals surface area contributed by atoms with Crippen LogP contribution in [0.3, 0.4) is 0 Å². The zero-order valence-corrected chi connectivity index (χ0v) is 20.8. The van der Waals surface area contributed by atoms with Crippen molar-refractivity contribution in [1.29, 1.82) is 0 Å². The summed E-state index contributed by atoms with van der Waals surface area (Å²) in [5, 5.41) is 24.0. The first-order valence-corrected chi connectivity index (χ1v) is 12.7. The Hall–Kier alpha value is -2.28. The number of hydrogen-bond acceptors (Lipinski definition) is 6. The zero-order valence-electron chi connectivity index (χ0n) is 20.8. The highest BCUT2D eigenvalue weighted by atomic mass is 16.6. The Morgan fingerprint density at radius 1 is 1.23 bits per heavy atom. The highest BCUT2D eigenvalue weighted by molar-refractivity contribution is 6.05. The van der Waals surface area contributed by atoms with E-state index in [1.165, 1.54) is 0 Å². The van der Waals surface area contributed by atoms with Crippen LogP contribution in [0.5, 0.6) is 0 Å². The molecule has 4 bridgehead atoms. The van der Waals surface area contributed by atoms with E-state index in [9.17, 15) is 19.8 Å². The molecule has 0 radical (unpaired) electrons. The van der Waals surface area contributed by atoms with Gasteiger partial charge in [-0.05, 0) is 67.2 Å². The molecule has 4 aliphatic carbocycles. The lowest BCUT2D eigenvalue weighted by atomic mass is 9.37. The predicted molar refractivity (Wildman–Crippen MR) is 128 cm³/mol. The summed E-state index contributed by atoms with van der Waals surface area (Å²) in [6.45, 7) is 12.3. The van der Waals surface area contributed by atoms with Crippen LogP contribution in [0.1, 0.15) is 54.6 Å². The quantitative estimate of drug-likeness (QED) is 0.383. The van der Waals surface area contributed by atoms with Crippen LogP contribution in [0.15, 0.2) is 42.5 Å². The van der Waals surface area contributed by atoms with Gasteiger partial charge in [-0.25, -0.2) is 4.79 Å². The van der Waals surface area contributed by atoms with Crippen molar-refractivity contribution < 1.29 is 29.3 Å². The van der Waals surface area contributed by atoms with Gasteiger partial charge in [0.15, 0.2) is 5.78 Å². The normalized spacial score (nSPS) is 44.7. The molecule has 2 saturated heterocycles. The Morgan fingerprint density at radius 3 is 2.71 bits per heavy atom. The average Bonchev–Trinajstić information content (AvgIpc) is 2.91. The van der Waals surface area contributed by atoms with Crippen molar-refractivity contribution in [3.63, 3.8) is 0 Å². The number of aliphatic hydroxyl groups is 2. The van der Waals surface area contributed by atoms with E-state index in [-0.39, 0.29) is 29.6 Å². The van der Waals surface area contributed by atoms with E-state index in [0.29, 0.717) is 24.0 Å². The first-order chi connectivity index (χ1) is 16.4. The Kier molecular flexibility index (Phi) is 4.58. The van der Waals surface area contributed by atoms with Gasteiger partial charge in [-0.3, -0.25) is 4.79 Å². The summed E-state index contributed by atoms with van der Waals surface area (Å²) < 4.78 is 12.3. The number of aliphatic hydroxyl groups excluding tert-OH is 1. The molecule has 3 saturated carbocycles. The van der Waals surface area contributed by atoms with Crippen molar-refractivity contribution in [3.8, 4) is 0 Å². The molecular formula is C29H34O6. The summed E-state index contributed by atoms with van der Waals surface area (Å²) >= 11 is 0. The highest BCUT2D eigenvalue weighted by Gasteiger charge is 2.86. The van der Waals surface area contributed by atoms with Gasteiger partial charge < -0.3 is 19.7 Å². The van der Waals surface area contributed by atoms with Gasteiger partial charge in [-0.1, -0.05) is 44.7 Å². The van der Waals surface area contributed by atoms with E-state index in [0.717, 1.165) is 17.5 Å². The van der Waals surface area contributed by atoms with Gasteiger partial charge >= 0.3 is 5.97 Å². The Morgan fingerprint density at radius 2 is 1.97 bits per heavy atom. The van der Waals surface area contributed by atoms with Gasteiger partial charge in [0.05, 0.1) is 12.2 Å². The second kappa shape index (κ2) is 6.93. The van der Waals surface area contributed by atoms with Gasteiger partial charge in [0.1, 0.15) is 17.6 Å². The molecule has 35 heavy (non-hydrogen) atoms. The van der Waals surface area contributed by atoms with E-state index < -0.39 is 40.7 Å². The van der Waals surface area contributed by atoms with E-state index in [1.807, 2.05) is 19.9 Å². The van der Waals surface area contributed by atoms with Gasteiger partial charge in [-0.2, -0.15) is 0 Å². The molecule has 0 unspecified atom stereocenters. The number of benzene rings is 1. The third-order valence-corrected chi connectivity index (χ3v) is 10.3. The molecule has 8 atom stereocenters. The van der Waals surface area contributed by atoms with Gasteiger partial charge in [0.2, 0.25) is 5.79 Å².